The van der Waals surface area contributed by atoms with E-state index in [0.717, 1.165) is 19.4 Å². The van der Waals surface area contributed by atoms with E-state index in [0.29, 0.717) is 30.2 Å². The van der Waals surface area contributed by atoms with Crippen LogP contribution in [0, 0.1) is 11.8 Å². The third-order valence-electron chi connectivity index (χ3n) is 5.97. The van der Waals surface area contributed by atoms with Crippen molar-refractivity contribution in [3.05, 3.63) is 23.8 Å². The molecule has 1 aliphatic carbocycles. The topological polar surface area (TPSA) is 71.1 Å². The van der Waals surface area contributed by atoms with Crippen LogP contribution < -0.4 is 10.1 Å². The van der Waals surface area contributed by atoms with E-state index in [9.17, 15) is 9.59 Å². The quantitative estimate of drug-likeness (QED) is 0.840. The van der Waals surface area contributed by atoms with Gasteiger partial charge < -0.3 is 19.7 Å². The van der Waals surface area contributed by atoms with E-state index < -0.39 is 0 Å². The average molecular weight is 404 g/mol. The number of hydrogen-bond acceptors (Lipinski definition) is 5. The Hall–Kier alpha value is -2.12. The third-order valence-corrected chi connectivity index (χ3v) is 5.97. The molecule has 0 radical (unpaired) electrons. The molecule has 0 unspecified atom stereocenters. The summed E-state index contributed by atoms with van der Waals surface area (Å²) in [7, 11) is 5.55. The molecule has 1 aliphatic heterocycles. The summed E-state index contributed by atoms with van der Waals surface area (Å²) in [6, 6.07) is 5.43. The fourth-order valence-electron chi connectivity index (χ4n) is 3.62. The molecule has 1 fully saturated rings. The Balaban J connectivity index is 1.88. The van der Waals surface area contributed by atoms with E-state index in [4.69, 9.17) is 9.47 Å². The van der Waals surface area contributed by atoms with Crippen LogP contribution in [0.2, 0.25) is 0 Å². The van der Waals surface area contributed by atoms with Gasteiger partial charge in [-0.3, -0.25) is 14.5 Å². The summed E-state index contributed by atoms with van der Waals surface area (Å²) in [6.45, 7) is 6.04. The van der Waals surface area contributed by atoms with Gasteiger partial charge in [-0.2, -0.15) is 0 Å². The van der Waals surface area contributed by atoms with Crippen LogP contribution in [0.3, 0.4) is 0 Å². The first-order valence-electron chi connectivity index (χ1n) is 10.4. The number of nitrogens with one attached hydrogen (secondary N) is 1. The molecule has 160 valence electrons. The van der Waals surface area contributed by atoms with Crippen LogP contribution in [-0.2, 0) is 9.53 Å². The van der Waals surface area contributed by atoms with Crippen molar-refractivity contribution in [2.24, 2.45) is 11.8 Å². The number of hydrogen-bond donors (Lipinski definition) is 1. The van der Waals surface area contributed by atoms with Gasteiger partial charge in [-0.1, -0.05) is 6.92 Å². The van der Waals surface area contributed by atoms with Crippen molar-refractivity contribution in [2.45, 2.75) is 38.8 Å². The number of carbonyl (C=O) groups excluding carboxylic acids is 2. The van der Waals surface area contributed by atoms with E-state index in [2.05, 4.69) is 31.1 Å². The second-order valence-electron chi connectivity index (χ2n) is 8.51. The largest absolute Gasteiger partial charge is 0.491 e. The molecule has 3 rings (SSSR count). The van der Waals surface area contributed by atoms with Gasteiger partial charge in [0.1, 0.15) is 12.4 Å². The van der Waals surface area contributed by atoms with Crippen LogP contribution in [0.1, 0.15) is 37.0 Å². The molecule has 1 aromatic carbocycles. The van der Waals surface area contributed by atoms with Gasteiger partial charge >= 0.3 is 0 Å². The van der Waals surface area contributed by atoms with Crippen LogP contribution in [0.4, 0.5) is 5.69 Å². The van der Waals surface area contributed by atoms with E-state index in [1.54, 1.807) is 37.3 Å². The molecule has 0 aromatic heterocycles. The van der Waals surface area contributed by atoms with Crippen molar-refractivity contribution in [3.8, 4) is 5.75 Å². The second-order valence-corrected chi connectivity index (χ2v) is 8.51. The number of likely N-dealkylation sites (N-methyl/N-ethyl adjacent to an activating group) is 2. The number of fused-ring (bicyclic) bond motifs is 1. The summed E-state index contributed by atoms with van der Waals surface area (Å²) in [6.07, 6.45) is 1.83. The minimum absolute atomic E-state index is 0.0339. The summed E-state index contributed by atoms with van der Waals surface area (Å²) >= 11 is 0. The van der Waals surface area contributed by atoms with Crippen LogP contribution in [0.25, 0.3) is 0 Å². The molecule has 2 aliphatic rings. The van der Waals surface area contributed by atoms with Gasteiger partial charge in [-0.25, -0.2) is 0 Å². The minimum Gasteiger partial charge on any atom is -0.491 e. The summed E-state index contributed by atoms with van der Waals surface area (Å²) in [5.74, 6) is 0.800. The Kier molecular flexibility index (Phi) is 6.80. The molecular formula is C22H33N3O4. The van der Waals surface area contributed by atoms with Crippen molar-refractivity contribution in [2.75, 3.05) is 46.2 Å². The summed E-state index contributed by atoms with van der Waals surface area (Å²) < 4.78 is 11.8. The number of nitrogens with zero attached hydrogens (tertiary/aromatic N) is 2. The molecular weight excluding hydrogens is 370 g/mol. The maximum atomic E-state index is 13.1. The van der Waals surface area contributed by atoms with Crippen molar-refractivity contribution >= 4 is 17.5 Å². The summed E-state index contributed by atoms with van der Waals surface area (Å²) in [4.78, 5) is 29.2. The van der Waals surface area contributed by atoms with E-state index in [1.807, 2.05) is 0 Å². The van der Waals surface area contributed by atoms with Gasteiger partial charge in [0.05, 0.1) is 11.7 Å². The van der Waals surface area contributed by atoms with Crippen molar-refractivity contribution in [3.63, 3.8) is 0 Å². The molecule has 0 spiro atoms. The SMILES string of the molecule is CO[C@H]1CN(C)C(=O)c2ccc(NC(=O)C3CC3)cc2OC[C@@H](C)N(C)C[C@H]1C. The summed E-state index contributed by atoms with van der Waals surface area (Å²) in [5, 5.41) is 2.93. The second kappa shape index (κ2) is 9.13. The predicted octanol–water partition coefficient (Wildman–Crippen LogP) is 2.47. The van der Waals surface area contributed by atoms with Gasteiger partial charge in [0.15, 0.2) is 0 Å². The first-order valence-corrected chi connectivity index (χ1v) is 10.4. The summed E-state index contributed by atoms with van der Waals surface area (Å²) in [5.41, 5.74) is 1.16. The molecule has 0 saturated heterocycles. The lowest BCUT2D eigenvalue weighted by atomic mass is 10.0. The number of rotatable bonds is 3. The van der Waals surface area contributed by atoms with Crippen LogP contribution in [0.15, 0.2) is 18.2 Å². The van der Waals surface area contributed by atoms with Crippen LogP contribution in [-0.4, -0.2) is 74.7 Å². The molecule has 1 N–H and O–H groups in total. The van der Waals surface area contributed by atoms with E-state index >= 15 is 0 Å². The molecule has 7 heteroatoms. The predicted molar refractivity (Wildman–Crippen MR) is 112 cm³/mol. The molecule has 2 amide bonds. The van der Waals surface area contributed by atoms with E-state index in [-0.39, 0.29) is 35.8 Å². The molecule has 1 heterocycles. The van der Waals surface area contributed by atoms with Gasteiger partial charge in [0.25, 0.3) is 5.91 Å². The Morgan fingerprint density at radius 2 is 1.93 bits per heavy atom. The number of ether oxygens (including phenoxy) is 2. The van der Waals surface area contributed by atoms with Gasteiger partial charge in [-0.05, 0) is 44.9 Å². The van der Waals surface area contributed by atoms with Crippen LogP contribution in [0.5, 0.6) is 5.75 Å². The highest BCUT2D eigenvalue weighted by Crippen LogP contribution is 2.31. The monoisotopic (exact) mass is 403 g/mol. The highest BCUT2D eigenvalue weighted by molar-refractivity contribution is 5.99. The number of amides is 2. The Morgan fingerprint density at radius 1 is 1.21 bits per heavy atom. The highest BCUT2D eigenvalue weighted by Gasteiger charge is 2.30. The zero-order chi connectivity index (χ0) is 21.1. The maximum absolute atomic E-state index is 13.1. The Labute approximate surface area is 173 Å². The first-order chi connectivity index (χ1) is 13.8. The molecule has 1 aromatic rings. The first kappa shape index (κ1) is 21.6. The number of methoxy groups -OCH3 is 1. The number of carbonyl (C=O) groups is 2. The smallest absolute Gasteiger partial charge is 0.257 e. The zero-order valence-electron chi connectivity index (χ0n) is 18.1. The molecule has 7 nitrogen and oxygen atoms in total. The van der Waals surface area contributed by atoms with E-state index in [1.165, 1.54) is 0 Å². The fraction of sp³-hybridized carbons (Fsp3) is 0.636. The molecule has 29 heavy (non-hydrogen) atoms. The lowest BCUT2D eigenvalue weighted by Gasteiger charge is -2.34. The van der Waals surface area contributed by atoms with Crippen molar-refractivity contribution in [1.82, 2.24) is 9.80 Å². The fourth-order valence-corrected chi connectivity index (χ4v) is 3.62. The molecule has 1 saturated carbocycles. The minimum atomic E-state index is -0.115. The van der Waals surface area contributed by atoms with Crippen molar-refractivity contribution < 1.29 is 19.1 Å². The van der Waals surface area contributed by atoms with Crippen molar-refractivity contribution in [1.29, 1.82) is 0 Å². The normalized spacial score (nSPS) is 26.7. The number of anilines is 1. The molecule has 3 atom stereocenters. The lowest BCUT2D eigenvalue weighted by molar-refractivity contribution is -0.117. The zero-order valence-corrected chi connectivity index (χ0v) is 18.1. The lowest BCUT2D eigenvalue weighted by Crippen LogP contribution is -2.45. The molecule has 0 bridgehead atoms. The average Bonchev–Trinajstić information content (AvgIpc) is 3.54. The maximum Gasteiger partial charge on any atom is 0.257 e. The van der Waals surface area contributed by atoms with Gasteiger partial charge in [0.2, 0.25) is 5.91 Å². The standard InChI is InChI=1S/C22H33N3O4/c1-14-11-24(3)15(2)13-29-19-10-17(23-21(26)16-6-7-16)8-9-18(19)22(27)25(4)12-20(14)28-5/h8-10,14-16,20H,6-7,11-13H2,1-5H3,(H,23,26)/t14-,15-,20+/m1/s1. The van der Waals surface area contributed by atoms with Crippen LogP contribution >= 0.6 is 0 Å². The van der Waals surface area contributed by atoms with Gasteiger partial charge in [-0.15, -0.1) is 0 Å². The number of benzene rings is 1. The van der Waals surface area contributed by atoms with Gasteiger partial charge in [0, 0.05) is 51.0 Å². The Bertz CT molecular complexity index is 750. The third kappa shape index (κ3) is 5.28. The highest BCUT2D eigenvalue weighted by atomic mass is 16.5. The Morgan fingerprint density at radius 3 is 2.59 bits per heavy atom.